The van der Waals surface area contributed by atoms with E-state index in [2.05, 4.69) is 11.8 Å². The summed E-state index contributed by atoms with van der Waals surface area (Å²) in [4.78, 5) is 13.9. The van der Waals surface area contributed by atoms with E-state index in [0.29, 0.717) is 19.4 Å². The van der Waals surface area contributed by atoms with Gasteiger partial charge in [0.2, 0.25) is 0 Å². The first-order chi connectivity index (χ1) is 11.5. The smallest absolute Gasteiger partial charge is 0.410 e. The summed E-state index contributed by atoms with van der Waals surface area (Å²) in [6.45, 7) is 2.17. The Balaban J connectivity index is 1.75. The molecule has 2 saturated heterocycles. The summed E-state index contributed by atoms with van der Waals surface area (Å²) in [6.07, 6.45) is 2.46. The van der Waals surface area contributed by atoms with Crippen molar-refractivity contribution in [1.29, 1.82) is 0 Å². The Bertz CT molecular complexity index is 661. The van der Waals surface area contributed by atoms with Crippen LogP contribution in [0, 0.1) is 11.8 Å². The quantitative estimate of drug-likeness (QED) is 0.847. The van der Waals surface area contributed by atoms with Crippen molar-refractivity contribution in [2.75, 3.05) is 13.7 Å². The van der Waals surface area contributed by atoms with Gasteiger partial charge >= 0.3 is 6.09 Å². The van der Waals surface area contributed by atoms with Crippen molar-refractivity contribution in [1.82, 2.24) is 4.90 Å². The highest BCUT2D eigenvalue weighted by Crippen LogP contribution is 2.41. The summed E-state index contributed by atoms with van der Waals surface area (Å²) >= 11 is 0. The number of nitrogens with zero attached hydrogens (tertiary/aromatic N) is 1. The summed E-state index contributed by atoms with van der Waals surface area (Å²) in [6, 6.07) is 7.48. The lowest BCUT2D eigenvalue weighted by Gasteiger charge is -2.40. The zero-order valence-corrected chi connectivity index (χ0v) is 14.1. The highest BCUT2D eigenvalue weighted by atomic mass is 16.6. The van der Waals surface area contributed by atoms with Crippen LogP contribution in [0.25, 0.3) is 0 Å². The zero-order chi connectivity index (χ0) is 17.2. The Morgan fingerprint density at radius 1 is 1.38 bits per heavy atom. The number of benzene rings is 1. The van der Waals surface area contributed by atoms with Gasteiger partial charge in [0.15, 0.2) is 0 Å². The summed E-state index contributed by atoms with van der Waals surface area (Å²) in [5, 5.41) is 10.9. The number of rotatable bonds is 2. The average Bonchev–Trinajstić information content (AvgIpc) is 2.86. The van der Waals surface area contributed by atoms with Crippen molar-refractivity contribution in [2.24, 2.45) is 0 Å². The molecule has 2 aliphatic heterocycles. The summed E-state index contributed by atoms with van der Waals surface area (Å²) in [5.74, 6) is 6.82. The lowest BCUT2D eigenvalue weighted by Crippen LogP contribution is -2.52. The van der Waals surface area contributed by atoms with E-state index in [-0.39, 0.29) is 18.2 Å². The Kier molecular flexibility index (Phi) is 4.68. The van der Waals surface area contributed by atoms with E-state index in [1.165, 1.54) is 0 Å². The van der Waals surface area contributed by atoms with Gasteiger partial charge in [0.05, 0.1) is 13.7 Å². The number of piperidine rings is 1. The van der Waals surface area contributed by atoms with E-state index in [1.807, 2.05) is 24.3 Å². The maximum absolute atomic E-state index is 12.1. The molecule has 1 aromatic rings. The predicted octanol–water partition coefficient (Wildman–Crippen LogP) is 2.56. The third-order valence-corrected chi connectivity index (χ3v) is 4.75. The lowest BCUT2D eigenvalue weighted by atomic mass is 9.86. The number of hydrogen-bond donors (Lipinski definition) is 1. The molecule has 1 amide bonds. The van der Waals surface area contributed by atoms with Crippen LogP contribution >= 0.6 is 0 Å². The molecule has 2 fully saturated rings. The molecular formula is C19H23NO4. The first-order valence-corrected chi connectivity index (χ1v) is 8.39. The highest BCUT2D eigenvalue weighted by Gasteiger charge is 2.49. The van der Waals surface area contributed by atoms with Crippen molar-refractivity contribution in [3.63, 3.8) is 0 Å². The monoisotopic (exact) mass is 329 g/mol. The number of hydrogen-bond acceptors (Lipinski definition) is 4. The van der Waals surface area contributed by atoms with Crippen LogP contribution in [-0.4, -0.2) is 47.5 Å². The first-order valence-electron chi connectivity index (χ1n) is 8.39. The van der Waals surface area contributed by atoms with E-state index < -0.39 is 5.60 Å². The van der Waals surface area contributed by atoms with Crippen LogP contribution in [0.4, 0.5) is 4.79 Å². The third kappa shape index (κ3) is 3.34. The Morgan fingerprint density at radius 2 is 2.08 bits per heavy atom. The molecule has 0 aliphatic carbocycles. The minimum absolute atomic E-state index is 0.00686. The molecular weight excluding hydrogens is 306 g/mol. The van der Waals surface area contributed by atoms with Crippen LogP contribution in [0.3, 0.4) is 0 Å². The molecule has 1 N–H and O–H groups in total. The number of fused-ring (bicyclic) bond motifs is 2. The molecule has 0 unspecified atom stereocenters. The molecule has 5 nitrogen and oxygen atoms in total. The highest BCUT2D eigenvalue weighted by molar-refractivity contribution is 5.69. The number of carbonyl (C=O) groups excluding carboxylic acids is 1. The van der Waals surface area contributed by atoms with E-state index in [1.54, 1.807) is 18.9 Å². The average molecular weight is 329 g/mol. The fourth-order valence-corrected chi connectivity index (χ4v) is 3.71. The first kappa shape index (κ1) is 16.7. The van der Waals surface area contributed by atoms with Gasteiger partial charge in [-0.05, 0) is 38.0 Å². The maximum atomic E-state index is 12.1. The van der Waals surface area contributed by atoms with Crippen molar-refractivity contribution >= 4 is 6.09 Å². The predicted molar refractivity (Wildman–Crippen MR) is 89.7 cm³/mol. The molecule has 2 aliphatic rings. The van der Waals surface area contributed by atoms with Crippen LogP contribution in [0.5, 0.6) is 5.75 Å². The number of carbonyl (C=O) groups is 1. The molecule has 2 heterocycles. The van der Waals surface area contributed by atoms with Crippen LogP contribution in [0.2, 0.25) is 0 Å². The van der Waals surface area contributed by atoms with Crippen LogP contribution in [0.15, 0.2) is 24.3 Å². The lowest BCUT2D eigenvalue weighted by molar-refractivity contribution is -0.0101. The minimum atomic E-state index is -1.06. The van der Waals surface area contributed by atoms with Gasteiger partial charge < -0.3 is 19.5 Å². The largest absolute Gasteiger partial charge is 0.497 e. The summed E-state index contributed by atoms with van der Waals surface area (Å²) in [7, 11) is 1.61. The van der Waals surface area contributed by atoms with Crippen LogP contribution in [-0.2, 0) is 4.74 Å². The summed E-state index contributed by atoms with van der Waals surface area (Å²) in [5.41, 5.74) is -0.249. The van der Waals surface area contributed by atoms with Crippen molar-refractivity contribution in [3.8, 4) is 17.6 Å². The topological polar surface area (TPSA) is 59.0 Å². The van der Waals surface area contributed by atoms with Crippen molar-refractivity contribution in [3.05, 3.63) is 29.8 Å². The Labute approximate surface area is 142 Å². The molecule has 0 spiro atoms. The second-order valence-electron chi connectivity index (χ2n) is 6.41. The second-order valence-corrected chi connectivity index (χ2v) is 6.41. The summed E-state index contributed by atoms with van der Waals surface area (Å²) < 4.78 is 10.3. The zero-order valence-electron chi connectivity index (χ0n) is 14.1. The number of ether oxygens (including phenoxy) is 2. The number of amides is 1. The number of methoxy groups -OCH3 is 1. The van der Waals surface area contributed by atoms with Gasteiger partial charge in [-0.2, -0.15) is 0 Å². The molecule has 1 aromatic carbocycles. The Hall–Kier alpha value is -2.19. The minimum Gasteiger partial charge on any atom is -0.497 e. The SMILES string of the molecule is CCOC(=O)N1[C@@H]2CC[C@@H]1CC(O)(C#Cc1cccc(OC)c1)C2. The fourth-order valence-electron chi connectivity index (χ4n) is 3.71. The van der Waals surface area contributed by atoms with E-state index in [9.17, 15) is 9.90 Å². The van der Waals surface area contributed by atoms with Crippen LogP contribution < -0.4 is 4.74 Å². The molecule has 3 rings (SSSR count). The molecule has 0 aromatic heterocycles. The standard InChI is InChI=1S/C19H23NO4/c1-3-24-18(21)20-15-7-8-16(20)13-19(22,12-15)10-9-14-5-4-6-17(11-14)23-2/h4-6,11,15-16,22H,3,7-8,12-13H2,1-2H3/t15-,16-/m1/s1. The van der Waals surface area contributed by atoms with Crippen LogP contribution in [0.1, 0.15) is 38.2 Å². The van der Waals surface area contributed by atoms with Crippen molar-refractivity contribution in [2.45, 2.75) is 50.3 Å². The maximum Gasteiger partial charge on any atom is 0.410 e. The van der Waals surface area contributed by atoms with Gasteiger partial charge in [-0.3, -0.25) is 0 Å². The molecule has 2 atom stereocenters. The second kappa shape index (κ2) is 6.74. The molecule has 128 valence electrons. The van der Waals surface area contributed by atoms with Gasteiger partial charge in [-0.25, -0.2) is 4.79 Å². The number of aliphatic hydroxyl groups is 1. The third-order valence-electron chi connectivity index (χ3n) is 4.75. The molecule has 24 heavy (non-hydrogen) atoms. The van der Waals surface area contributed by atoms with Gasteiger partial charge in [0.25, 0.3) is 0 Å². The molecule has 5 heteroatoms. The van der Waals surface area contributed by atoms with Gasteiger partial charge in [-0.1, -0.05) is 17.9 Å². The van der Waals surface area contributed by atoms with Crippen molar-refractivity contribution < 1.29 is 19.4 Å². The Morgan fingerprint density at radius 3 is 2.71 bits per heavy atom. The molecule has 0 radical (unpaired) electrons. The van der Waals surface area contributed by atoms with E-state index in [4.69, 9.17) is 9.47 Å². The van der Waals surface area contributed by atoms with Gasteiger partial charge in [0, 0.05) is 30.5 Å². The van der Waals surface area contributed by atoms with Gasteiger partial charge in [0.1, 0.15) is 11.4 Å². The van der Waals surface area contributed by atoms with E-state index >= 15 is 0 Å². The molecule has 0 saturated carbocycles. The van der Waals surface area contributed by atoms with Gasteiger partial charge in [-0.15, -0.1) is 0 Å². The molecule has 2 bridgehead atoms. The fraction of sp³-hybridized carbons (Fsp3) is 0.526. The van der Waals surface area contributed by atoms with E-state index in [0.717, 1.165) is 24.2 Å². The normalized spacial score (nSPS) is 28.0.